The molecule has 1 aromatic carbocycles. The van der Waals surface area contributed by atoms with Crippen LogP contribution in [0.5, 0.6) is 0 Å². The molecule has 0 saturated heterocycles. The normalized spacial score (nSPS) is 12.3. The summed E-state index contributed by atoms with van der Waals surface area (Å²) in [6, 6.07) is 1.75. The van der Waals surface area contributed by atoms with Gasteiger partial charge in [-0.25, -0.2) is 9.18 Å². The summed E-state index contributed by atoms with van der Waals surface area (Å²) in [4.78, 5) is 23.0. The number of rotatable bonds is 5. The van der Waals surface area contributed by atoms with Crippen molar-refractivity contribution in [2.75, 3.05) is 0 Å². The van der Waals surface area contributed by atoms with Crippen molar-refractivity contribution in [1.82, 2.24) is 5.32 Å². The van der Waals surface area contributed by atoms with E-state index in [9.17, 15) is 14.0 Å². The molecule has 0 saturated carbocycles. The molecule has 0 unspecified atom stereocenters. The molecule has 6 heteroatoms. The third kappa shape index (κ3) is 3.93. The van der Waals surface area contributed by atoms with E-state index in [0.717, 1.165) is 0 Å². The Morgan fingerprint density at radius 1 is 1.40 bits per heavy atom. The smallest absolute Gasteiger partial charge is 0.326 e. The van der Waals surface area contributed by atoms with E-state index in [1.54, 1.807) is 6.92 Å². The number of hydrogen-bond donors (Lipinski definition) is 2. The quantitative estimate of drug-likeness (QED) is 0.878. The van der Waals surface area contributed by atoms with Gasteiger partial charge < -0.3 is 10.4 Å². The van der Waals surface area contributed by atoms with Crippen molar-refractivity contribution in [3.05, 3.63) is 34.1 Å². The first-order valence-electron chi connectivity index (χ1n) is 6.22. The van der Waals surface area contributed by atoms with E-state index in [1.165, 1.54) is 12.1 Å². The van der Waals surface area contributed by atoms with Gasteiger partial charge in [-0.1, -0.05) is 31.5 Å². The molecule has 0 heterocycles. The van der Waals surface area contributed by atoms with E-state index in [0.29, 0.717) is 5.56 Å². The fourth-order valence-electron chi connectivity index (χ4n) is 1.75. The fraction of sp³-hybridized carbons (Fsp3) is 0.429. The molecule has 1 rings (SSSR count). The summed E-state index contributed by atoms with van der Waals surface area (Å²) in [6.07, 6.45) is 0.266. The summed E-state index contributed by atoms with van der Waals surface area (Å²) in [7, 11) is 0. The Bertz CT molecular complexity index is 531. The molecule has 0 fully saturated rings. The average Bonchev–Trinajstić information content (AvgIpc) is 2.34. The Hall–Kier alpha value is -1.62. The summed E-state index contributed by atoms with van der Waals surface area (Å²) < 4.78 is 13.9. The highest BCUT2D eigenvalue weighted by Gasteiger charge is 2.24. The maximum absolute atomic E-state index is 13.9. The van der Waals surface area contributed by atoms with Crippen LogP contribution in [0.25, 0.3) is 0 Å². The lowest BCUT2D eigenvalue weighted by molar-refractivity contribution is -0.139. The molecule has 1 aromatic rings. The van der Waals surface area contributed by atoms with Crippen molar-refractivity contribution in [2.45, 2.75) is 33.2 Å². The molecule has 0 aliphatic heterocycles. The van der Waals surface area contributed by atoms with Gasteiger partial charge in [0.25, 0.3) is 5.91 Å². The van der Waals surface area contributed by atoms with Gasteiger partial charge in [0.15, 0.2) is 5.82 Å². The van der Waals surface area contributed by atoms with Gasteiger partial charge in [-0.3, -0.25) is 4.79 Å². The van der Waals surface area contributed by atoms with E-state index in [1.807, 2.05) is 13.8 Å². The molecule has 4 nitrogen and oxygen atoms in total. The Kier molecular flexibility index (Phi) is 5.51. The van der Waals surface area contributed by atoms with Crippen molar-refractivity contribution in [1.29, 1.82) is 0 Å². The second-order valence-electron chi connectivity index (χ2n) is 5.05. The molecule has 0 aromatic heterocycles. The molecule has 0 spiro atoms. The molecular formula is C14H17ClFNO3. The van der Waals surface area contributed by atoms with Crippen molar-refractivity contribution in [3.63, 3.8) is 0 Å². The van der Waals surface area contributed by atoms with Gasteiger partial charge >= 0.3 is 5.97 Å². The number of aliphatic carboxylic acids is 1. The van der Waals surface area contributed by atoms with Crippen molar-refractivity contribution >= 4 is 23.5 Å². The van der Waals surface area contributed by atoms with E-state index in [-0.39, 0.29) is 22.9 Å². The van der Waals surface area contributed by atoms with E-state index in [4.69, 9.17) is 16.7 Å². The SMILES string of the molecule is Cc1ccc(C(=O)N[C@@H](CC(C)C)C(=O)O)c(F)c1Cl. The highest BCUT2D eigenvalue weighted by Crippen LogP contribution is 2.22. The first-order chi connectivity index (χ1) is 9.23. The molecule has 110 valence electrons. The van der Waals surface area contributed by atoms with Crippen LogP contribution < -0.4 is 5.32 Å². The lowest BCUT2D eigenvalue weighted by Gasteiger charge is -2.17. The number of aryl methyl sites for hydroxylation is 1. The second kappa shape index (κ2) is 6.70. The van der Waals surface area contributed by atoms with Crippen LogP contribution in [0.3, 0.4) is 0 Å². The van der Waals surface area contributed by atoms with Gasteiger partial charge in [0.1, 0.15) is 6.04 Å². The Balaban J connectivity index is 2.95. The standard InChI is InChI=1S/C14H17ClFNO3/c1-7(2)6-10(14(19)20)17-13(18)9-5-4-8(3)11(15)12(9)16/h4-5,7,10H,6H2,1-3H3,(H,17,18)(H,19,20)/t10-/m0/s1. The van der Waals surface area contributed by atoms with Gasteiger partial charge in [0.2, 0.25) is 0 Å². The van der Waals surface area contributed by atoms with Crippen LogP contribution in [-0.4, -0.2) is 23.0 Å². The highest BCUT2D eigenvalue weighted by atomic mass is 35.5. The predicted molar refractivity (Wildman–Crippen MR) is 74.5 cm³/mol. The minimum atomic E-state index is -1.15. The first-order valence-corrected chi connectivity index (χ1v) is 6.60. The van der Waals surface area contributed by atoms with E-state index >= 15 is 0 Å². The van der Waals surface area contributed by atoms with Gasteiger partial charge in [0.05, 0.1) is 10.6 Å². The van der Waals surface area contributed by atoms with Crippen LogP contribution in [0.15, 0.2) is 12.1 Å². The maximum Gasteiger partial charge on any atom is 0.326 e. The monoisotopic (exact) mass is 301 g/mol. The average molecular weight is 302 g/mol. The Morgan fingerprint density at radius 3 is 2.50 bits per heavy atom. The molecule has 0 bridgehead atoms. The highest BCUT2D eigenvalue weighted by molar-refractivity contribution is 6.31. The zero-order valence-corrected chi connectivity index (χ0v) is 12.3. The van der Waals surface area contributed by atoms with Gasteiger partial charge in [-0.05, 0) is 30.9 Å². The summed E-state index contributed by atoms with van der Waals surface area (Å²) >= 11 is 5.74. The van der Waals surface area contributed by atoms with Crippen molar-refractivity contribution in [3.8, 4) is 0 Å². The van der Waals surface area contributed by atoms with Crippen molar-refractivity contribution in [2.24, 2.45) is 5.92 Å². The summed E-state index contributed by atoms with van der Waals surface area (Å²) in [5.74, 6) is -2.68. The summed E-state index contributed by atoms with van der Waals surface area (Å²) in [5.41, 5.74) is 0.258. The van der Waals surface area contributed by atoms with Gasteiger partial charge in [0, 0.05) is 0 Å². The van der Waals surface area contributed by atoms with Gasteiger partial charge in [-0.2, -0.15) is 0 Å². The number of hydrogen-bond acceptors (Lipinski definition) is 2. The molecule has 0 aliphatic carbocycles. The zero-order chi connectivity index (χ0) is 15.4. The zero-order valence-electron chi connectivity index (χ0n) is 11.5. The molecule has 1 atom stereocenters. The van der Waals surface area contributed by atoms with Crippen LogP contribution in [0.4, 0.5) is 4.39 Å². The number of nitrogens with one attached hydrogen (secondary N) is 1. The third-order valence-electron chi connectivity index (χ3n) is 2.83. The van der Waals surface area contributed by atoms with Crippen LogP contribution in [-0.2, 0) is 4.79 Å². The number of carboxylic acid groups (broad SMARTS) is 1. The number of carboxylic acids is 1. The molecule has 20 heavy (non-hydrogen) atoms. The van der Waals surface area contributed by atoms with Crippen LogP contribution >= 0.6 is 11.6 Å². The largest absolute Gasteiger partial charge is 0.480 e. The number of amides is 1. The van der Waals surface area contributed by atoms with Crippen LogP contribution in [0.2, 0.25) is 5.02 Å². The third-order valence-corrected chi connectivity index (χ3v) is 3.29. The predicted octanol–water partition coefficient (Wildman–Crippen LogP) is 3.02. The molecule has 0 aliphatic rings. The minimum Gasteiger partial charge on any atom is -0.480 e. The molecule has 0 radical (unpaired) electrons. The lowest BCUT2D eigenvalue weighted by atomic mass is 10.0. The number of carbonyl (C=O) groups excluding carboxylic acids is 1. The van der Waals surface area contributed by atoms with Crippen molar-refractivity contribution < 1.29 is 19.1 Å². The fourth-order valence-corrected chi connectivity index (χ4v) is 1.92. The van der Waals surface area contributed by atoms with Gasteiger partial charge in [-0.15, -0.1) is 0 Å². The maximum atomic E-state index is 13.9. The number of carbonyl (C=O) groups is 2. The molecule has 2 N–H and O–H groups in total. The van der Waals surface area contributed by atoms with Crippen LogP contribution in [0, 0.1) is 18.7 Å². The van der Waals surface area contributed by atoms with E-state index in [2.05, 4.69) is 5.32 Å². The second-order valence-corrected chi connectivity index (χ2v) is 5.43. The number of benzene rings is 1. The van der Waals surface area contributed by atoms with Crippen LogP contribution in [0.1, 0.15) is 36.2 Å². The minimum absolute atomic E-state index is 0.0860. The van der Waals surface area contributed by atoms with E-state index < -0.39 is 23.7 Å². The molecule has 1 amide bonds. The summed E-state index contributed by atoms with van der Waals surface area (Å²) in [5, 5.41) is 11.2. The lowest BCUT2D eigenvalue weighted by Crippen LogP contribution is -2.42. The number of halogens is 2. The molecular weight excluding hydrogens is 285 g/mol. The Morgan fingerprint density at radius 2 is 2.00 bits per heavy atom. The topological polar surface area (TPSA) is 66.4 Å². The first kappa shape index (κ1) is 16.4. The Labute approximate surface area is 121 Å². The summed E-state index contributed by atoms with van der Waals surface area (Å²) in [6.45, 7) is 5.29.